The standard InChI is InChI=1S/C18H25NO4/c20-18(15-8-10-21-11-9-15)23-17-7-6-16(12-19-17)22-13-14-4-2-1-3-5-14/h6-7,12,14-15H,1-5,8-11,13H2. The lowest BCUT2D eigenvalue weighted by atomic mass is 9.90. The number of nitrogens with zero attached hydrogens (tertiary/aromatic N) is 1. The van der Waals surface area contributed by atoms with Gasteiger partial charge in [-0.2, -0.15) is 0 Å². The van der Waals surface area contributed by atoms with Crippen molar-refractivity contribution >= 4 is 5.97 Å². The molecule has 0 radical (unpaired) electrons. The average molecular weight is 319 g/mol. The lowest BCUT2D eigenvalue weighted by Gasteiger charge is -2.21. The van der Waals surface area contributed by atoms with Crippen LogP contribution < -0.4 is 9.47 Å². The van der Waals surface area contributed by atoms with Crippen LogP contribution in [0.15, 0.2) is 18.3 Å². The Balaban J connectivity index is 1.45. The Morgan fingerprint density at radius 1 is 1.13 bits per heavy atom. The van der Waals surface area contributed by atoms with Crippen molar-refractivity contribution in [1.29, 1.82) is 0 Å². The van der Waals surface area contributed by atoms with Gasteiger partial charge in [0.1, 0.15) is 5.75 Å². The van der Waals surface area contributed by atoms with Gasteiger partial charge in [0.25, 0.3) is 0 Å². The number of rotatable bonds is 5. The fourth-order valence-electron chi connectivity index (χ4n) is 3.20. The Labute approximate surface area is 137 Å². The number of carbonyl (C=O) groups excluding carboxylic acids is 1. The molecule has 0 spiro atoms. The fourth-order valence-corrected chi connectivity index (χ4v) is 3.20. The largest absolute Gasteiger partial charge is 0.492 e. The lowest BCUT2D eigenvalue weighted by Crippen LogP contribution is -2.27. The fraction of sp³-hybridized carbons (Fsp3) is 0.667. The minimum absolute atomic E-state index is 0.0761. The zero-order chi connectivity index (χ0) is 15.9. The van der Waals surface area contributed by atoms with Crippen LogP contribution in [0.4, 0.5) is 0 Å². The second-order valence-corrected chi connectivity index (χ2v) is 6.45. The smallest absolute Gasteiger partial charge is 0.315 e. The van der Waals surface area contributed by atoms with Gasteiger partial charge in [-0.25, -0.2) is 4.98 Å². The molecule has 1 aliphatic heterocycles. The summed E-state index contributed by atoms with van der Waals surface area (Å²) in [6, 6.07) is 3.52. The Hall–Kier alpha value is -1.62. The minimum atomic E-state index is -0.211. The summed E-state index contributed by atoms with van der Waals surface area (Å²) in [6.45, 7) is 2.01. The van der Waals surface area contributed by atoms with E-state index >= 15 is 0 Å². The molecule has 5 heteroatoms. The van der Waals surface area contributed by atoms with Crippen LogP contribution in [-0.2, 0) is 9.53 Å². The maximum Gasteiger partial charge on any atom is 0.315 e. The molecule has 0 atom stereocenters. The van der Waals surface area contributed by atoms with Crippen molar-refractivity contribution in [3.05, 3.63) is 18.3 Å². The molecule has 0 amide bonds. The molecule has 2 fully saturated rings. The Morgan fingerprint density at radius 2 is 1.91 bits per heavy atom. The molecule has 23 heavy (non-hydrogen) atoms. The second-order valence-electron chi connectivity index (χ2n) is 6.45. The van der Waals surface area contributed by atoms with Gasteiger partial charge in [0.2, 0.25) is 5.88 Å². The molecule has 1 saturated heterocycles. The molecular formula is C18H25NO4. The summed E-state index contributed by atoms with van der Waals surface area (Å²) >= 11 is 0. The molecule has 2 heterocycles. The molecule has 1 aliphatic carbocycles. The van der Waals surface area contributed by atoms with E-state index in [1.165, 1.54) is 32.1 Å². The molecule has 1 aromatic heterocycles. The number of hydrogen-bond donors (Lipinski definition) is 0. The minimum Gasteiger partial charge on any atom is -0.492 e. The summed E-state index contributed by atoms with van der Waals surface area (Å²) in [5.41, 5.74) is 0. The van der Waals surface area contributed by atoms with Gasteiger partial charge in [-0.3, -0.25) is 4.79 Å². The SMILES string of the molecule is O=C(Oc1ccc(OCC2CCCCC2)cn1)C1CCOCC1. The van der Waals surface area contributed by atoms with Crippen LogP contribution in [0.5, 0.6) is 11.6 Å². The molecule has 1 aromatic rings. The Morgan fingerprint density at radius 3 is 2.61 bits per heavy atom. The average Bonchev–Trinajstić information content (AvgIpc) is 2.63. The van der Waals surface area contributed by atoms with Crippen molar-refractivity contribution < 1.29 is 19.0 Å². The van der Waals surface area contributed by atoms with Crippen LogP contribution in [0.1, 0.15) is 44.9 Å². The van der Waals surface area contributed by atoms with Crippen LogP contribution in [0.25, 0.3) is 0 Å². The molecule has 5 nitrogen and oxygen atoms in total. The summed E-state index contributed by atoms with van der Waals surface area (Å²) in [4.78, 5) is 16.2. The maximum atomic E-state index is 12.0. The number of esters is 1. The van der Waals surface area contributed by atoms with Crippen molar-refractivity contribution in [2.45, 2.75) is 44.9 Å². The van der Waals surface area contributed by atoms with E-state index in [-0.39, 0.29) is 11.9 Å². The summed E-state index contributed by atoms with van der Waals surface area (Å²) in [6.07, 6.45) is 9.58. The summed E-state index contributed by atoms with van der Waals surface area (Å²) in [5, 5.41) is 0. The first-order chi connectivity index (χ1) is 11.3. The van der Waals surface area contributed by atoms with Crippen LogP contribution in [0, 0.1) is 11.8 Å². The van der Waals surface area contributed by atoms with Gasteiger partial charge in [0, 0.05) is 19.3 Å². The first-order valence-electron chi connectivity index (χ1n) is 8.69. The van der Waals surface area contributed by atoms with Crippen LogP contribution in [-0.4, -0.2) is 30.8 Å². The van der Waals surface area contributed by atoms with Crippen molar-refractivity contribution in [1.82, 2.24) is 4.98 Å². The Kier molecular flexibility index (Phi) is 5.86. The predicted molar refractivity (Wildman–Crippen MR) is 85.5 cm³/mol. The van der Waals surface area contributed by atoms with Crippen molar-refractivity contribution in [2.24, 2.45) is 11.8 Å². The van der Waals surface area contributed by atoms with E-state index in [2.05, 4.69) is 4.98 Å². The first-order valence-corrected chi connectivity index (χ1v) is 8.69. The van der Waals surface area contributed by atoms with E-state index in [1.807, 2.05) is 6.07 Å². The van der Waals surface area contributed by atoms with E-state index in [0.29, 0.717) is 25.0 Å². The summed E-state index contributed by atoms with van der Waals surface area (Å²) in [7, 11) is 0. The zero-order valence-corrected chi connectivity index (χ0v) is 13.5. The number of aromatic nitrogens is 1. The molecular weight excluding hydrogens is 294 g/mol. The third kappa shape index (κ3) is 4.93. The molecule has 0 unspecified atom stereocenters. The van der Waals surface area contributed by atoms with E-state index < -0.39 is 0 Å². The highest BCUT2D eigenvalue weighted by Gasteiger charge is 2.23. The predicted octanol–water partition coefficient (Wildman–Crippen LogP) is 3.37. The quantitative estimate of drug-likeness (QED) is 0.779. The Bertz CT molecular complexity index is 490. The van der Waals surface area contributed by atoms with Crippen LogP contribution in [0.2, 0.25) is 0 Å². The maximum absolute atomic E-state index is 12.0. The van der Waals surface area contributed by atoms with E-state index in [1.54, 1.807) is 12.3 Å². The van der Waals surface area contributed by atoms with E-state index in [0.717, 1.165) is 25.2 Å². The number of pyridine rings is 1. The third-order valence-electron chi connectivity index (χ3n) is 4.68. The molecule has 0 aromatic carbocycles. The lowest BCUT2D eigenvalue weighted by molar-refractivity contribution is -0.142. The van der Waals surface area contributed by atoms with Gasteiger partial charge in [-0.05, 0) is 37.7 Å². The van der Waals surface area contributed by atoms with E-state index in [9.17, 15) is 4.79 Å². The van der Waals surface area contributed by atoms with Gasteiger partial charge in [-0.1, -0.05) is 19.3 Å². The highest BCUT2D eigenvalue weighted by atomic mass is 16.5. The highest BCUT2D eigenvalue weighted by molar-refractivity contribution is 5.74. The molecule has 1 saturated carbocycles. The molecule has 0 bridgehead atoms. The molecule has 3 rings (SSSR count). The van der Waals surface area contributed by atoms with Gasteiger partial charge >= 0.3 is 5.97 Å². The number of hydrogen-bond acceptors (Lipinski definition) is 5. The van der Waals surface area contributed by atoms with Crippen LogP contribution in [0.3, 0.4) is 0 Å². The van der Waals surface area contributed by atoms with Gasteiger partial charge < -0.3 is 14.2 Å². The van der Waals surface area contributed by atoms with Crippen molar-refractivity contribution in [3.63, 3.8) is 0 Å². The molecule has 126 valence electrons. The number of carbonyl (C=O) groups is 1. The van der Waals surface area contributed by atoms with Gasteiger partial charge in [-0.15, -0.1) is 0 Å². The first kappa shape index (κ1) is 16.2. The molecule has 0 N–H and O–H groups in total. The van der Waals surface area contributed by atoms with Gasteiger partial charge in [0.15, 0.2) is 0 Å². The summed E-state index contributed by atoms with van der Waals surface area (Å²) in [5.74, 6) is 1.45. The summed E-state index contributed by atoms with van der Waals surface area (Å²) < 4.78 is 16.4. The zero-order valence-electron chi connectivity index (χ0n) is 13.5. The van der Waals surface area contributed by atoms with Crippen molar-refractivity contribution in [2.75, 3.05) is 19.8 Å². The monoisotopic (exact) mass is 319 g/mol. The highest BCUT2D eigenvalue weighted by Crippen LogP contribution is 2.25. The van der Waals surface area contributed by atoms with E-state index in [4.69, 9.17) is 14.2 Å². The molecule has 2 aliphatic rings. The topological polar surface area (TPSA) is 57.7 Å². The van der Waals surface area contributed by atoms with Gasteiger partial charge in [0.05, 0.1) is 18.7 Å². The van der Waals surface area contributed by atoms with Crippen LogP contribution >= 0.6 is 0 Å². The third-order valence-corrected chi connectivity index (χ3v) is 4.68. The number of ether oxygens (including phenoxy) is 3. The normalized spacial score (nSPS) is 20.2. The van der Waals surface area contributed by atoms with Crippen molar-refractivity contribution in [3.8, 4) is 11.6 Å². The second kappa shape index (κ2) is 8.29.